The Balaban J connectivity index is 1.76. The number of carboxylic acids is 1. The largest absolute Gasteiger partial charge is 0.481 e. The van der Waals surface area contributed by atoms with Gasteiger partial charge < -0.3 is 10.0 Å². The quantitative estimate of drug-likeness (QED) is 0.921. The average molecular weight is 350 g/mol. The van der Waals surface area contributed by atoms with Crippen LogP contribution in [0.5, 0.6) is 0 Å². The summed E-state index contributed by atoms with van der Waals surface area (Å²) in [6.45, 7) is 0.688. The van der Waals surface area contributed by atoms with E-state index in [1.165, 1.54) is 0 Å². The highest BCUT2D eigenvalue weighted by atomic mass is 35.5. The Morgan fingerprint density at radius 1 is 1.22 bits per heavy atom. The summed E-state index contributed by atoms with van der Waals surface area (Å²) in [6, 6.07) is 9.12. The number of hydrogen-bond donors (Lipinski definition) is 1. The topological polar surface area (TPSA) is 57.6 Å². The first kappa shape index (κ1) is 16.0. The molecular weight excluding hydrogens is 334 g/mol. The van der Waals surface area contributed by atoms with Crippen molar-refractivity contribution >= 4 is 34.8 Å². The van der Waals surface area contributed by atoms with Crippen molar-refractivity contribution in [3.8, 4) is 0 Å². The fraction of sp³-hybridized carbons (Fsp3) is 0.294. The van der Waals surface area contributed by atoms with Crippen LogP contribution in [0.2, 0.25) is 5.02 Å². The third kappa shape index (κ3) is 3.57. The maximum Gasteiger partial charge on any atom is 0.308 e. The smallest absolute Gasteiger partial charge is 0.308 e. The van der Waals surface area contributed by atoms with Crippen molar-refractivity contribution in [2.24, 2.45) is 5.92 Å². The van der Waals surface area contributed by atoms with E-state index in [-0.39, 0.29) is 18.4 Å². The van der Waals surface area contributed by atoms with Gasteiger partial charge in [-0.1, -0.05) is 23.7 Å². The predicted molar refractivity (Wildman–Crippen MR) is 89.9 cm³/mol. The van der Waals surface area contributed by atoms with Gasteiger partial charge in [-0.15, -0.1) is 0 Å². The zero-order valence-electron chi connectivity index (χ0n) is 12.3. The van der Waals surface area contributed by atoms with Crippen molar-refractivity contribution in [3.63, 3.8) is 0 Å². The number of halogens is 1. The van der Waals surface area contributed by atoms with Crippen LogP contribution in [0.4, 0.5) is 0 Å². The lowest BCUT2D eigenvalue weighted by atomic mass is 9.89. The van der Waals surface area contributed by atoms with Gasteiger partial charge in [-0.3, -0.25) is 9.59 Å². The highest BCUT2D eigenvalue weighted by Crippen LogP contribution is 2.33. The Morgan fingerprint density at radius 2 is 1.96 bits per heavy atom. The first-order valence-corrected chi connectivity index (χ1v) is 8.64. The van der Waals surface area contributed by atoms with Crippen LogP contribution in [0, 0.1) is 5.92 Å². The Labute approximate surface area is 143 Å². The molecule has 1 aliphatic rings. The second-order valence-corrected chi connectivity index (χ2v) is 6.93. The van der Waals surface area contributed by atoms with Gasteiger partial charge in [0.15, 0.2) is 0 Å². The van der Waals surface area contributed by atoms with E-state index in [2.05, 4.69) is 0 Å². The fourth-order valence-corrected chi connectivity index (χ4v) is 3.78. The summed E-state index contributed by atoms with van der Waals surface area (Å²) >= 11 is 7.45. The molecule has 0 saturated carbocycles. The summed E-state index contributed by atoms with van der Waals surface area (Å²) in [6.07, 6.45) is 0.323. The Morgan fingerprint density at radius 3 is 2.57 bits per heavy atom. The monoisotopic (exact) mass is 349 g/mol. The molecule has 0 bridgehead atoms. The Bertz CT molecular complexity index is 699. The zero-order valence-corrected chi connectivity index (χ0v) is 13.9. The van der Waals surface area contributed by atoms with Gasteiger partial charge >= 0.3 is 5.97 Å². The lowest BCUT2D eigenvalue weighted by molar-refractivity contribution is -0.141. The lowest BCUT2D eigenvalue weighted by Crippen LogP contribution is -2.31. The molecule has 1 N–H and O–H groups in total. The minimum Gasteiger partial charge on any atom is -0.481 e. The van der Waals surface area contributed by atoms with Crippen LogP contribution in [0.15, 0.2) is 41.1 Å². The molecule has 2 atom stereocenters. The number of benzene rings is 1. The maximum atomic E-state index is 12.4. The van der Waals surface area contributed by atoms with E-state index in [1.807, 2.05) is 29.0 Å². The number of likely N-dealkylation sites (tertiary alicyclic amines) is 1. The highest BCUT2D eigenvalue weighted by molar-refractivity contribution is 7.08. The predicted octanol–water partition coefficient (Wildman–Crippen LogP) is 3.27. The Hall–Kier alpha value is -1.85. The number of aliphatic carboxylic acids is 1. The molecule has 1 saturated heterocycles. The molecule has 1 aromatic heterocycles. The number of amides is 1. The molecule has 2 heterocycles. The van der Waals surface area contributed by atoms with Crippen LogP contribution in [-0.2, 0) is 16.0 Å². The minimum atomic E-state index is -0.865. The van der Waals surface area contributed by atoms with Gasteiger partial charge in [0, 0.05) is 24.0 Å². The molecule has 23 heavy (non-hydrogen) atoms. The van der Waals surface area contributed by atoms with Crippen molar-refractivity contribution in [1.82, 2.24) is 4.90 Å². The number of thiophene rings is 1. The van der Waals surface area contributed by atoms with Crippen molar-refractivity contribution in [1.29, 1.82) is 0 Å². The van der Waals surface area contributed by atoms with Crippen LogP contribution in [0.1, 0.15) is 17.0 Å². The molecule has 1 aromatic carbocycles. The van der Waals surface area contributed by atoms with E-state index in [0.717, 1.165) is 11.1 Å². The molecule has 0 spiro atoms. The van der Waals surface area contributed by atoms with Crippen LogP contribution in [-0.4, -0.2) is 35.0 Å². The molecule has 2 aromatic rings. The van der Waals surface area contributed by atoms with E-state index < -0.39 is 11.9 Å². The Kier molecular flexibility index (Phi) is 4.68. The van der Waals surface area contributed by atoms with Crippen molar-refractivity contribution < 1.29 is 14.7 Å². The number of carboxylic acid groups (broad SMARTS) is 1. The second-order valence-electron chi connectivity index (χ2n) is 5.71. The molecule has 4 nitrogen and oxygen atoms in total. The van der Waals surface area contributed by atoms with E-state index in [4.69, 9.17) is 11.6 Å². The van der Waals surface area contributed by atoms with Gasteiger partial charge in [-0.25, -0.2) is 0 Å². The molecule has 3 rings (SSSR count). The number of carbonyl (C=O) groups excluding carboxylic acids is 1. The SMILES string of the molecule is O=C(O)[C@@H]1CN(C(=O)Cc2ccsc2)C[C@H]1c1ccc(Cl)cc1. The first-order valence-electron chi connectivity index (χ1n) is 7.31. The van der Waals surface area contributed by atoms with E-state index in [1.54, 1.807) is 28.4 Å². The van der Waals surface area contributed by atoms with E-state index in [9.17, 15) is 14.7 Å². The van der Waals surface area contributed by atoms with Crippen LogP contribution in [0.25, 0.3) is 0 Å². The third-order valence-electron chi connectivity index (χ3n) is 4.22. The van der Waals surface area contributed by atoms with Gasteiger partial charge in [0.25, 0.3) is 0 Å². The molecule has 6 heteroatoms. The number of nitrogens with zero attached hydrogens (tertiary/aromatic N) is 1. The van der Waals surface area contributed by atoms with Gasteiger partial charge in [0.2, 0.25) is 5.91 Å². The molecule has 120 valence electrons. The molecular formula is C17H16ClNO3S. The molecule has 1 fully saturated rings. The summed E-state index contributed by atoms with van der Waals surface area (Å²) in [7, 11) is 0. The third-order valence-corrected chi connectivity index (χ3v) is 5.21. The first-order chi connectivity index (χ1) is 11.0. The fourth-order valence-electron chi connectivity index (χ4n) is 2.99. The standard InChI is InChI=1S/C17H16ClNO3S/c18-13-3-1-12(2-4-13)14-8-19(9-15(14)17(21)22)16(20)7-11-5-6-23-10-11/h1-6,10,14-15H,7-9H2,(H,21,22)/t14-,15+/m0/s1. The van der Waals surface area contributed by atoms with Gasteiger partial charge in [0.05, 0.1) is 12.3 Å². The summed E-state index contributed by atoms with van der Waals surface area (Å²) in [4.78, 5) is 25.7. The lowest BCUT2D eigenvalue weighted by Gasteiger charge is -2.16. The van der Waals surface area contributed by atoms with Crippen molar-refractivity contribution in [2.75, 3.05) is 13.1 Å². The van der Waals surface area contributed by atoms with Crippen LogP contribution < -0.4 is 0 Å². The van der Waals surface area contributed by atoms with Crippen molar-refractivity contribution in [3.05, 3.63) is 57.2 Å². The molecule has 1 aliphatic heterocycles. The highest BCUT2D eigenvalue weighted by Gasteiger charge is 2.40. The van der Waals surface area contributed by atoms with Crippen LogP contribution in [0.3, 0.4) is 0 Å². The minimum absolute atomic E-state index is 0.0221. The normalized spacial score (nSPS) is 20.7. The van der Waals surface area contributed by atoms with Gasteiger partial charge in [-0.2, -0.15) is 11.3 Å². The number of hydrogen-bond acceptors (Lipinski definition) is 3. The molecule has 0 unspecified atom stereocenters. The summed E-state index contributed by atoms with van der Waals surface area (Å²) in [5.41, 5.74) is 1.88. The number of rotatable bonds is 4. The average Bonchev–Trinajstić information content (AvgIpc) is 3.17. The van der Waals surface area contributed by atoms with E-state index in [0.29, 0.717) is 18.0 Å². The molecule has 0 radical (unpaired) electrons. The van der Waals surface area contributed by atoms with E-state index >= 15 is 0 Å². The van der Waals surface area contributed by atoms with Crippen molar-refractivity contribution in [2.45, 2.75) is 12.3 Å². The molecule has 0 aliphatic carbocycles. The number of carbonyl (C=O) groups is 2. The summed E-state index contributed by atoms with van der Waals surface area (Å²) in [5.74, 6) is -1.67. The molecule has 1 amide bonds. The van der Waals surface area contributed by atoms with Crippen LogP contribution >= 0.6 is 22.9 Å². The second kappa shape index (κ2) is 6.72. The summed E-state index contributed by atoms with van der Waals surface area (Å²) < 4.78 is 0. The van der Waals surface area contributed by atoms with Gasteiger partial charge in [0.1, 0.15) is 0 Å². The van der Waals surface area contributed by atoms with Gasteiger partial charge in [-0.05, 0) is 40.1 Å². The zero-order chi connectivity index (χ0) is 16.4. The summed E-state index contributed by atoms with van der Waals surface area (Å²) in [5, 5.41) is 14.0. The maximum absolute atomic E-state index is 12.4.